The highest BCUT2D eigenvalue weighted by molar-refractivity contribution is 7.20. The Hall–Kier alpha value is -4.72. The van der Waals surface area contributed by atoms with E-state index in [-0.39, 0.29) is 0 Å². The molecule has 0 amide bonds. The number of thiophene rings is 1. The molecule has 1 aromatic heterocycles. The van der Waals surface area contributed by atoms with Crippen molar-refractivity contribution in [2.75, 3.05) is 0 Å². The Morgan fingerprint density at radius 2 is 1.16 bits per heavy atom. The van der Waals surface area contributed by atoms with Crippen molar-refractivity contribution >= 4 is 71.0 Å². The Kier molecular flexibility index (Phi) is 5.74. The molecule has 1 heterocycles. The smallest absolute Gasteiger partial charge is 0.0430 e. The average Bonchev–Trinajstić information content (AvgIpc) is 3.46. The SMILES string of the molecule is C1=Cc2sc3c(-c4c5ccccc5c(C5=CC=C(c6ccc7ccccc7c6)CC5)c5ccccc45)cccc3c2CC1. The molecule has 2 aliphatic carbocycles. The Balaban J connectivity index is 1.25. The van der Waals surface area contributed by atoms with E-state index in [0.717, 1.165) is 25.7 Å². The number of fused-ring (bicyclic) bond motifs is 6. The van der Waals surface area contributed by atoms with Crippen LogP contribution in [0.5, 0.6) is 0 Å². The van der Waals surface area contributed by atoms with Gasteiger partial charge in [0.25, 0.3) is 0 Å². The van der Waals surface area contributed by atoms with E-state index in [0.29, 0.717) is 0 Å². The summed E-state index contributed by atoms with van der Waals surface area (Å²) in [5.41, 5.74) is 9.83. The number of aryl methyl sites for hydroxylation is 1. The number of hydrogen-bond donors (Lipinski definition) is 0. The van der Waals surface area contributed by atoms with Gasteiger partial charge in [0.1, 0.15) is 0 Å². The lowest BCUT2D eigenvalue weighted by molar-refractivity contribution is 1.01. The van der Waals surface area contributed by atoms with Gasteiger partial charge in [-0.05, 0) is 109 Å². The summed E-state index contributed by atoms with van der Waals surface area (Å²) >= 11 is 1.96. The molecule has 0 spiro atoms. The molecule has 6 aromatic carbocycles. The molecule has 0 N–H and O–H groups in total. The van der Waals surface area contributed by atoms with E-state index in [1.54, 1.807) is 0 Å². The minimum Gasteiger partial charge on any atom is -0.135 e. The second kappa shape index (κ2) is 9.93. The normalized spacial score (nSPS) is 14.8. The first kappa shape index (κ1) is 24.8. The van der Waals surface area contributed by atoms with Crippen LogP contribution in [0.3, 0.4) is 0 Å². The first-order valence-corrected chi connectivity index (χ1v) is 16.2. The second-order valence-electron chi connectivity index (χ2n) is 11.9. The van der Waals surface area contributed by atoms with Crippen LogP contribution in [-0.2, 0) is 6.42 Å². The number of allylic oxidation sites excluding steroid dienone is 5. The fraction of sp³-hybridized carbons (Fsp3) is 0.0952. The van der Waals surface area contributed by atoms with Gasteiger partial charge >= 0.3 is 0 Å². The highest BCUT2D eigenvalue weighted by atomic mass is 32.1. The van der Waals surface area contributed by atoms with Gasteiger partial charge in [0, 0.05) is 15.1 Å². The Morgan fingerprint density at radius 3 is 1.91 bits per heavy atom. The molecule has 1 heteroatoms. The van der Waals surface area contributed by atoms with Crippen LogP contribution in [0.1, 0.15) is 40.8 Å². The molecule has 0 radical (unpaired) electrons. The van der Waals surface area contributed by atoms with E-state index in [2.05, 4.69) is 133 Å². The zero-order valence-electron chi connectivity index (χ0n) is 23.9. The topological polar surface area (TPSA) is 0 Å². The molecule has 0 aliphatic heterocycles. The molecule has 204 valence electrons. The first-order valence-electron chi connectivity index (χ1n) is 15.4. The molecule has 43 heavy (non-hydrogen) atoms. The monoisotopic (exact) mass is 566 g/mol. The number of hydrogen-bond acceptors (Lipinski definition) is 1. The molecule has 0 saturated carbocycles. The van der Waals surface area contributed by atoms with Crippen LogP contribution in [0.4, 0.5) is 0 Å². The van der Waals surface area contributed by atoms with E-state index in [4.69, 9.17) is 0 Å². The van der Waals surface area contributed by atoms with Crippen molar-refractivity contribution in [3.8, 4) is 11.1 Å². The Morgan fingerprint density at radius 1 is 0.512 bits per heavy atom. The molecule has 2 aliphatic rings. The molecule has 0 nitrogen and oxygen atoms in total. The van der Waals surface area contributed by atoms with Gasteiger partial charge in [-0.3, -0.25) is 0 Å². The summed E-state index contributed by atoms with van der Waals surface area (Å²) in [5.74, 6) is 0. The fourth-order valence-corrected chi connectivity index (χ4v) is 8.74. The van der Waals surface area contributed by atoms with Crippen LogP contribution in [0.25, 0.3) is 70.8 Å². The summed E-state index contributed by atoms with van der Waals surface area (Å²) in [6.07, 6.45) is 13.8. The third-order valence-corrected chi connectivity index (χ3v) is 10.7. The van der Waals surface area contributed by atoms with Crippen LogP contribution < -0.4 is 0 Å². The van der Waals surface area contributed by atoms with E-state index in [9.17, 15) is 0 Å². The predicted octanol–water partition coefficient (Wildman–Crippen LogP) is 12.2. The molecule has 0 bridgehead atoms. The lowest BCUT2D eigenvalue weighted by Crippen LogP contribution is -1.98. The van der Waals surface area contributed by atoms with Gasteiger partial charge in [-0.15, -0.1) is 11.3 Å². The number of benzene rings is 6. The highest BCUT2D eigenvalue weighted by Crippen LogP contribution is 2.48. The van der Waals surface area contributed by atoms with Crippen molar-refractivity contribution in [1.29, 1.82) is 0 Å². The van der Waals surface area contributed by atoms with Crippen LogP contribution in [0.2, 0.25) is 0 Å². The van der Waals surface area contributed by atoms with Crippen molar-refractivity contribution in [2.24, 2.45) is 0 Å². The third kappa shape index (κ3) is 3.96. The summed E-state index contributed by atoms with van der Waals surface area (Å²) in [4.78, 5) is 1.43. The van der Waals surface area contributed by atoms with Gasteiger partial charge in [-0.2, -0.15) is 0 Å². The Bertz CT molecular complexity index is 2280. The van der Waals surface area contributed by atoms with Crippen LogP contribution in [0.15, 0.2) is 127 Å². The summed E-state index contributed by atoms with van der Waals surface area (Å²) in [7, 11) is 0. The van der Waals surface area contributed by atoms with Gasteiger partial charge in [-0.25, -0.2) is 0 Å². The van der Waals surface area contributed by atoms with Crippen LogP contribution >= 0.6 is 11.3 Å². The molecule has 9 rings (SSSR count). The average molecular weight is 567 g/mol. The molecular formula is C42H30S. The van der Waals surface area contributed by atoms with E-state index < -0.39 is 0 Å². The zero-order valence-corrected chi connectivity index (χ0v) is 24.8. The highest BCUT2D eigenvalue weighted by Gasteiger charge is 2.22. The maximum Gasteiger partial charge on any atom is 0.0430 e. The largest absolute Gasteiger partial charge is 0.135 e. The van der Waals surface area contributed by atoms with Gasteiger partial charge in [0.2, 0.25) is 0 Å². The maximum atomic E-state index is 2.39. The first-order chi connectivity index (χ1) is 21.3. The molecular weight excluding hydrogens is 537 g/mol. The van der Waals surface area contributed by atoms with Crippen LogP contribution in [0, 0.1) is 0 Å². The molecule has 0 unspecified atom stereocenters. The van der Waals surface area contributed by atoms with Crippen molar-refractivity contribution < 1.29 is 0 Å². The molecule has 7 aromatic rings. The van der Waals surface area contributed by atoms with Gasteiger partial charge < -0.3 is 0 Å². The third-order valence-electron chi connectivity index (χ3n) is 9.47. The quantitative estimate of drug-likeness (QED) is 0.187. The summed E-state index contributed by atoms with van der Waals surface area (Å²) < 4.78 is 1.42. The predicted molar refractivity (Wildman–Crippen MR) is 189 cm³/mol. The van der Waals surface area contributed by atoms with Crippen molar-refractivity contribution in [2.45, 2.75) is 25.7 Å². The van der Waals surface area contributed by atoms with Gasteiger partial charge in [0.05, 0.1) is 0 Å². The summed E-state index contributed by atoms with van der Waals surface area (Å²) in [6, 6.07) is 40.7. The van der Waals surface area contributed by atoms with Gasteiger partial charge in [0.15, 0.2) is 0 Å². The molecule has 0 fully saturated rings. The minimum absolute atomic E-state index is 1.03. The Labute approximate surface area is 255 Å². The standard InChI is InChI=1S/C42H30S/c1-2-11-30-26-31(25-22-27(30)10-1)28-20-23-29(24-21-28)40-33-13-3-5-15-35(33)41(36-16-6-4-14-34(36)40)38-18-9-17-37-32-12-7-8-19-39(32)43-42(37)38/h1-6,8-11,13-20,22-23,25-26H,7,12,21,24H2. The molecule has 0 saturated heterocycles. The van der Waals surface area contributed by atoms with Crippen molar-refractivity contribution in [3.63, 3.8) is 0 Å². The van der Waals surface area contributed by atoms with Crippen LogP contribution in [-0.4, -0.2) is 0 Å². The maximum absolute atomic E-state index is 2.39. The number of rotatable bonds is 3. The minimum atomic E-state index is 1.03. The lowest BCUT2D eigenvalue weighted by Gasteiger charge is -2.22. The van der Waals surface area contributed by atoms with Crippen molar-refractivity contribution in [3.05, 3.63) is 149 Å². The fourth-order valence-electron chi connectivity index (χ4n) is 7.44. The lowest BCUT2D eigenvalue weighted by atomic mass is 9.82. The zero-order chi connectivity index (χ0) is 28.3. The van der Waals surface area contributed by atoms with Crippen molar-refractivity contribution in [1.82, 2.24) is 0 Å². The second-order valence-corrected chi connectivity index (χ2v) is 12.9. The van der Waals surface area contributed by atoms with E-state index in [1.807, 2.05) is 11.3 Å². The summed E-state index contributed by atoms with van der Waals surface area (Å²) in [6.45, 7) is 0. The van der Waals surface area contributed by atoms with Gasteiger partial charge in [-0.1, -0.05) is 121 Å². The molecule has 0 atom stereocenters. The van der Waals surface area contributed by atoms with E-state index in [1.165, 1.54) is 86.2 Å². The summed E-state index contributed by atoms with van der Waals surface area (Å²) in [5, 5.41) is 9.42. The van der Waals surface area contributed by atoms with E-state index >= 15 is 0 Å².